The van der Waals surface area contributed by atoms with E-state index in [1.165, 1.54) is 4.90 Å². The summed E-state index contributed by atoms with van der Waals surface area (Å²) in [7, 11) is 0. The molecule has 0 aliphatic carbocycles. The van der Waals surface area contributed by atoms with Crippen molar-refractivity contribution in [2.24, 2.45) is 0 Å². The van der Waals surface area contributed by atoms with E-state index < -0.39 is 18.2 Å². The largest absolute Gasteiger partial charge is 0.490 e. The van der Waals surface area contributed by atoms with Crippen LogP contribution in [0.3, 0.4) is 0 Å². The molecule has 0 N–H and O–H groups in total. The highest BCUT2D eigenvalue weighted by molar-refractivity contribution is 5.96. The number of aromatic nitrogens is 3. The summed E-state index contributed by atoms with van der Waals surface area (Å²) >= 11 is 0. The number of anilines is 3. The van der Waals surface area contributed by atoms with Crippen molar-refractivity contribution in [2.75, 3.05) is 55.7 Å². The number of esters is 1. The third-order valence-electron chi connectivity index (χ3n) is 7.39. The fourth-order valence-electron chi connectivity index (χ4n) is 5.36. The molecule has 3 aliphatic heterocycles. The van der Waals surface area contributed by atoms with E-state index in [1.54, 1.807) is 30.6 Å². The minimum atomic E-state index is -5.07. The quantitative estimate of drug-likeness (QED) is 0.429. The molecular formula is C28H27F3N6O4. The van der Waals surface area contributed by atoms with Crippen LogP contribution in [0.15, 0.2) is 48.8 Å². The predicted octanol–water partition coefficient (Wildman–Crippen LogP) is 3.39. The van der Waals surface area contributed by atoms with E-state index in [9.17, 15) is 22.8 Å². The molecule has 41 heavy (non-hydrogen) atoms. The van der Waals surface area contributed by atoms with Gasteiger partial charge >= 0.3 is 12.1 Å². The molecule has 0 spiro atoms. The average molecular weight is 569 g/mol. The van der Waals surface area contributed by atoms with Gasteiger partial charge in [0.25, 0.3) is 5.91 Å². The van der Waals surface area contributed by atoms with Crippen LogP contribution >= 0.6 is 0 Å². The normalized spacial score (nSPS) is 18.9. The van der Waals surface area contributed by atoms with Gasteiger partial charge in [0.05, 0.1) is 37.3 Å². The molecule has 13 heteroatoms. The van der Waals surface area contributed by atoms with Gasteiger partial charge in [-0.1, -0.05) is 12.1 Å². The number of halogens is 3. The summed E-state index contributed by atoms with van der Waals surface area (Å²) in [6.07, 6.45) is -1.73. The Morgan fingerprint density at radius 1 is 1.02 bits per heavy atom. The van der Waals surface area contributed by atoms with Crippen LogP contribution in [0, 0.1) is 0 Å². The molecule has 2 aromatic heterocycles. The van der Waals surface area contributed by atoms with E-state index in [0.717, 1.165) is 28.3 Å². The van der Waals surface area contributed by atoms with E-state index in [-0.39, 0.29) is 25.4 Å². The van der Waals surface area contributed by atoms with Crippen LogP contribution in [0.25, 0.3) is 11.3 Å². The number of fused-ring (bicyclic) bond motifs is 1. The maximum atomic E-state index is 13.3. The number of hydrogen-bond acceptors (Lipinski definition) is 9. The van der Waals surface area contributed by atoms with Crippen LogP contribution in [-0.2, 0) is 20.7 Å². The van der Waals surface area contributed by atoms with Crippen molar-refractivity contribution in [3.8, 4) is 11.3 Å². The number of hydrogen-bond donors (Lipinski definition) is 0. The lowest BCUT2D eigenvalue weighted by atomic mass is 10.0. The molecule has 1 unspecified atom stereocenters. The summed E-state index contributed by atoms with van der Waals surface area (Å²) in [5.74, 6) is -1.24. The maximum absolute atomic E-state index is 13.3. The first-order valence-electron chi connectivity index (χ1n) is 13.4. The summed E-state index contributed by atoms with van der Waals surface area (Å²) in [5, 5.41) is 0. The summed E-state index contributed by atoms with van der Waals surface area (Å²) in [4.78, 5) is 44.3. The first-order valence-corrected chi connectivity index (χ1v) is 13.4. The van der Waals surface area contributed by atoms with Gasteiger partial charge in [-0.25, -0.2) is 9.78 Å². The van der Waals surface area contributed by atoms with E-state index >= 15 is 0 Å². The van der Waals surface area contributed by atoms with E-state index in [4.69, 9.17) is 14.7 Å². The number of nitrogens with zero attached hydrogens (tertiary/aromatic N) is 6. The summed E-state index contributed by atoms with van der Waals surface area (Å²) in [6, 6.07) is 10.9. The number of rotatable bonds is 5. The number of benzene rings is 1. The van der Waals surface area contributed by atoms with Gasteiger partial charge in [0.15, 0.2) is 0 Å². The van der Waals surface area contributed by atoms with E-state index in [0.29, 0.717) is 50.8 Å². The predicted molar refractivity (Wildman–Crippen MR) is 142 cm³/mol. The molecule has 2 saturated heterocycles. The lowest BCUT2D eigenvalue weighted by molar-refractivity contribution is -0.204. The number of amides is 1. The number of ether oxygens (including phenoxy) is 2. The number of carbonyl (C=O) groups is 2. The highest BCUT2D eigenvalue weighted by atomic mass is 19.4. The highest BCUT2D eigenvalue weighted by Gasteiger charge is 2.43. The summed E-state index contributed by atoms with van der Waals surface area (Å²) in [6.45, 7) is 3.22. The maximum Gasteiger partial charge on any atom is 0.490 e. The summed E-state index contributed by atoms with van der Waals surface area (Å²) < 4.78 is 47.9. The van der Waals surface area contributed by atoms with Crippen LogP contribution in [0.1, 0.15) is 22.3 Å². The lowest BCUT2D eigenvalue weighted by Crippen LogP contribution is -2.37. The Morgan fingerprint density at radius 3 is 2.61 bits per heavy atom. The zero-order valence-corrected chi connectivity index (χ0v) is 22.0. The van der Waals surface area contributed by atoms with Crippen LogP contribution < -0.4 is 9.80 Å². The van der Waals surface area contributed by atoms with Crippen LogP contribution in [0.4, 0.5) is 30.6 Å². The van der Waals surface area contributed by atoms with Crippen molar-refractivity contribution < 1.29 is 32.2 Å². The monoisotopic (exact) mass is 568 g/mol. The molecule has 3 aliphatic rings. The van der Waals surface area contributed by atoms with Crippen molar-refractivity contribution in [2.45, 2.75) is 25.1 Å². The Bertz CT molecular complexity index is 1450. The van der Waals surface area contributed by atoms with Gasteiger partial charge in [-0.05, 0) is 30.7 Å². The number of morpholine rings is 1. The first-order chi connectivity index (χ1) is 19.8. The Balaban J connectivity index is 1.30. The number of pyridine rings is 1. The molecule has 1 aromatic carbocycles. The average Bonchev–Trinajstić information content (AvgIpc) is 3.64. The van der Waals surface area contributed by atoms with Gasteiger partial charge in [0, 0.05) is 55.5 Å². The van der Waals surface area contributed by atoms with Gasteiger partial charge in [0.1, 0.15) is 11.9 Å². The molecule has 1 atom stereocenters. The lowest BCUT2D eigenvalue weighted by Gasteiger charge is -2.28. The van der Waals surface area contributed by atoms with Gasteiger partial charge in [-0.2, -0.15) is 18.2 Å². The second kappa shape index (κ2) is 11.0. The van der Waals surface area contributed by atoms with Crippen LogP contribution in [0.2, 0.25) is 0 Å². The second-order valence-electron chi connectivity index (χ2n) is 10.0. The molecule has 5 heterocycles. The van der Waals surface area contributed by atoms with Crippen molar-refractivity contribution >= 4 is 29.3 Å². The molecule has 0 saturated carbocycles. The van der Waals surface area contributed by atoms with Crippen molar-refractivity contribution in [1.29, 1.82) is 0 Å². The molecule has 10 nitrogen and oxygen atoms in total. The molecule has 2 fully saturated rings. The van der Waals surface area contributed by atoms with Crippen molar-refractivity contribution in [3.05, 3.63) is 59.9 Å². The van der Waals surface area contributed by atoms with E-state index in [2.05, 4.69) is 19.5 Å². The highest BCUT2D eigenvalue weighted by Crippen LogP contribution is 2.39. The number of likely N-dealkylation sites (tertiary alicyclic amines) is 1. The molecule has 0 bridgehead atoms. The standard InChI is InChI=1S/C28H27F3N6O4/c29-28(30,31)26(39)41-21-6-9-36(17-21)25(38)19-4-1-3-18(15-19)23-22-7-10-37(20-5-2-8-32-16-20)24(22)34-27(33-23)35-11-13-40-14-12-35/h1-5,8,15-16,21H,6-7,9-14,17H2. The zero-order chi connectivity index (χ0) is 28.6. The smallest absolute Gasteiger partial charge is 0.454 e. The van der Waals surface area contributed by atoms with Gasteiger partial charge in [-0.15, -0.1) is 0 Å². The topological polar surface area (TPSA) is 101 Å². The minimum absolute atomic E-state index is 0.102. The Hall–Kier alpha value is -4.26. The fraction of sp³-hybridized carbons (Fsp3) is 0.393. The van der Waals surface area contributed by atoms with Gasteiger partial charge < -0.3 is 24.2 Å². The number of carbonyl (C=O) groups excluding carboxylic acids is 2. The molecule has 1 amide bonds. The van der Waals surface area contributed by atoms with E-state index in [1.807, 2.05) is 18.2 Å². The third kappa shape index (κ3) is 5.53. The number of alkyl halides is 3. The molecule has 0 radical (unpaired) electrons. The summed E-state index contributed by atoms with van der Waals surface area (Å²) in [5.41, 5.74) is 3.69. The minimum Gasteiger partial charge on any atom is -0.454 e. The molecule has 6 rings (SSSR count). The van der Waals surface area contributed by atoms with Crippen molar-refractivity contribution in [3.63, 3.8) is 0 Å². The van der Waals surface area contributed by atoms with Crippen LogP contribution in [0.5, 0.6) is 0 Å². The molecule has 214 valence electrons. The Labute approximate surface area is 233 Å². The fourth-order valence-corrected chi connectivity index (χ4v) is 5.36. The SMILES string of the molecule is O=C(c1cccc(-c2nc(N3CCOCC3)nc3c2CCN3c2cccnc2)c1)N1CCC(OC(=O)C(F)(F)F)C1. The van der Waals surface area contributed by atoms with Crippen molar-refractivity contribution in [1.82, 2.24) is 19.9 Å². The molecule has 3 aromatic rings. The van der Waals surface area contributed by atoms with Gasteiger partial charge in [-0.3, -0.25) is 9.78 Å². The second-order valence-corrected chi connectivity index (χ2v) is 10.0. The molecular weight excluding hydrogens is 541 g/mol. The first kappa shape index (κ1) is 26.9. The van der Waals surface area contributed by atoms with Gasteiger partial charge in [0.2, 0.25) is 5.95 Å². The zero-order valence-electron chi connectivity index (χ0n) is 22.0. The Kier molecular flexibility index (Phi) is 7.20. The Morgan fingerprint density at radius 2 is 1.85 bits per heavy atom. The third-order valence-corrected chi connectivity index (χ3v) is 7.39. The van der Waals surface area contributed by atoms with Crippen LogP contribution in [-0.4, -0.2) is 89.9 Å².